The van der Waals surface area contributed by atoms with E-state index in [9.17, 15) is 0 Å². The molecule has 1 unspecified atom stereocenters. The molecule has 0 amide bonds. The minimum Gasteiger partial charge on any atom is -0.380 e. The first-order valence-electron chi connectivity index (χ1n) is 6.93. The van der Waals surface area contributed by atoms with E-state index in [1.807, 2.05) is 30.3 Å². The summed E-state index contributed by atoms with van der Waals surface area (Å²) in [6, 6.07) is 0. The first-order chi connectivity index (χ1) is 9.74. The summed E-state index contributed by atoms with van der Waals surface area (Å²) < 4.78 is 7.28. The summed E-state index contributed by atoms with van der Waals surface area (Å²) in [6.07, 6.45) is 8.64. The Morgan fingerprint density at radius 1 is 1.45 bits per heavy atom. The third kappa shape index (κ3) is 3.08. The zero-order chi connectivity index (χ0) is 13.9. The fraction of sp³-hybridized carbons (Fsp3) is 0.571. The number of likely N-dealkylation sites (tertiary alicyclic amines) is 1. The minimum absolute atomic E-state index is 0.384. The van der Waals surface area contributed by atoms with Gasteiger partial charge in [0.2, 0.25) is 0 Å². The zero-order valence-corrected chi connectivity index (χ0v) is 12.8. The lowest BCUT2D eigenvalue weighted by Gasteiger charge is -2.31. The van der Waals surface area contributed by atoms with Crippen LogP contribution < -0.4 is 0 Å². The van der Waals surface area contributed by atoms with E-state index in [2.05, 4.69) is 15.0 Å². The Morgan fingerprint density at radius 2 is 2.35 bits per heavy atom. The predicted octanol–water partition coefficient (Wildman–Crippen LogP) is 2.15. The zero-order valence-electron chi connectivity index (χ0n) is 12.0. The molecule has 20 heavy (non-hydrogen) atoms. The number of aromatic nitrogens is 3. The molecule has 108 valence electrons. The molecule has 3 rings (SSSR count). The van der Waals surface area contributed by atoms with Gasteiger partial charge in [-0.05, 0) is 19.4 Å². The molecule has 6 heteroatoms. The smallest absolute Gasteiger partial charge is 0.126 e. The third-order valence-corrected chi connectivity index (χ3v) is 4.71. The summed E-state index contributed by atoms with van der Waals surface area (Å²) in [4.78, 5) is 8.27. The van der Waals surface area contributed by atoms with Gasteiger partial charge >= 0.3 is 0 Å². The van der Waals surface area contributed by atoms with E-state index in [-0.39, 0.29) is 0 Å². The molecule has 1 aliphatic heterocycles. The van der Waals surface area contributed by atoms with E-state index < -0.39 is 0 Å². The molecule has 2 aromatic rings. The van der Waals surface area contributed by atoms with Crippen molar-refractivity contribution in [3.63, 3.8) is 0 Å². The maximum atomic E-state index is 5.47. The molecular formula is C14H20N4OS. The molecule has 0 spiro atoms. The first-order valence-corrected chi connectivity index (χ1v) is 7.75. The van der Waals surface area contributed by atoms with Gasteiger partial charge in [0.15, 0.2) is 0 Å². The maximum absolute atomic E-state index is 5.47. The van der Waals surface area contributed by atoms with Crippen LogP contribution in [-0.4, -0.2) is 46.0 Å². The molecule has 1 aliphatic rings. The van der Waals surface area contributed by atoms with Crippen molar-refractivity contribution in [3.8, 4) is 10.6 Å². The van der Waals surface area contributed by atoms with Crippen molar-refractivity contribution in [2.24, 2.45) is 7.05 Å². The number of methoxy groups -OCH3 is 1. The van der Waals surface area contributed by atoms with Crippen LogP contribution in [-0.2, 0) is 18.3 Å². The van der Waals surface area contributed by atoms with E-state index in [4.69, 9.17) is 4.74 Å². The van der Waals surface area contributed by atoms with Gasteiger partial charge in [0.1, 0.15) is 5.01 Å². The van der Waals surface area contributed by atoms with Gasteiger partial charge in [0.05, 0.1) is 12.3 Å². The highest BCUT2D eigenvalue weighted by molar-refractivity contribution is 7.15. The van der Waals surface area contributed by atoms with Gasteiger partial charge in [-0.25, -0.2) is 4.98 Å². The Balaban J connectivity index is 1.65. The molecular weight excluding hydrogens is 272 g/mol. The molecule has 0 aliphatic carbocycles. The van der Waals surface area contributed by atoms with Crippen LogP contribution in [0.2, 0.25) is 0 Å². The van der Waals surface area contributed by atoms with Gasteiger partial charge in [0.25, 0.3) is 0 Å². The Hall–Kier alpha value is -1.24. The molecule has 1 saturated heterocycles. The molecule has 3 heterocycles. The molecule has 0 N–H and O–H groups in total. The van der Waals surface area contributed by atoms with Crippen molar-refractivity contribution in [2.45, 2.75) is 25.5 Å². The maximum Gasteiger partial charge on any atom is 0.126 e. The van der Waals surface area contributed by atoms with Gasteiger partial charge in [-0.3, -0.25) is 9.58 Å². The summed E-state index contributed by atoms with van der Waals surface area (Å²) in [5.74, 6) is 0. The van der Waals surface area contributed by atoms with Gasteiger partial charge in [-0.1, -0.05) is 0 Å². The standard InChI is InChI=1S/C14H20N4OS/c1-17-8-11(6-16-17)14-15-7-13(20-14)10-18-5-3-4-12(9-18)19-2/h6-8,12H,3-5,9-10H2,1-2H3. The number of aryl methyl sites for hydroxylation is 1. The van der Waals surface area contributed by atoms with Crippen LogP contribution in [0.1, 0.15) is 17.7 Å². The molecule has 0 radical (unpaired) electrons. The predicted molar refractivity (Wildman–Crippen MR) is 79.6 cm³/mol. The molecule has 0 saturated carbocycles. The number of piperidine rings is 1. The van der Waals surface area contributed by atoms with Crippen LogP contribution >= 0.6 is 11.3 Å². The summed E-state index contributed by atoms with van der Waals surface area (Å²) >= 11 is 1.75. The van der Waals surface area contributed by atoms with Crippen molar-refractivity contribution in [2.75, 3.05) is 20.2 Å². The van der Waals surface area contributed by atoms with Crippen LogP contribution in [0.4, 0.5) is 0 Å². The lowest BCUT2D eigenvalue weighted by Crippen LogP contribution is -2.38. The quantitative estimate of drug-likeness (QED) is 0.866. The Labute approximate surface area is 123 Å². The fourth-order valence-corrected chi connectivity index (χ4v) is 3.54. The Bertz CT molecular complexity index is 565. The monoisotopic (exact) mass is 292 g/mol. The molecule has 0 bridgehead atoms. The second-order valence-electron chi connectivity index (χ2n) is 5.27. The van der Waals surface area contributed by atoms with E-state index in [0.717, 1.165) is 30.2 Å². The molecule has 1 fully saturated rings. The van der Waals surface area contributed by atoms with E-state index in [1.54, 1.807) is 18.4 Å². The normalized spacial score (nSPS) is 20.4. The van der Waals surface area contributed by atoms with Crippen LogP contribution in [0.3, 0.4) is 0 Å². The average Bonchev–Trinajstić information content (AvgIpc) is 3.08. The van der Waals surface area contributed by atoms with Crippen molar-refractivity contribution < 1.29 is 4.74 Å². The second kappa shape index (κ2) is 6.03. The molecule has 0 aromatic carbocycles. The third-order valence-electron chi connectivity index (χ3n) is 3.68. The van der Waals surface area contributed by atoms with Crippen molar-refractivity contribution in [3.05, 3.63) is 23.5 Å². The number of thiazole rings is 1. The van der Waals surface area contributed by atoms with Crippen molar-refractivity contribution in [1.82, 2.24) is 19.7 Å². The highest BCUT2D eigenvalue weighted by Gasteiger charge is 2.20. The first kappa shape index (κ1) is 13.7. The molecule has 1 atom stereocenters. The Kier molecular flexibility index (Phi) is 4.14. The lowest BCUT2D eigenvalue weighted by molar-refractivity contribution is 0.0289. The summed E-state index contributed by atoms with van der Waals surface area (Å²) in [6.45, 7) is 3.15. The number of hydrogen-bond acceptors (Lipinski definition) is 5. The average molecular weight is 292 g/mol. The Morgan fingerprint density at radius 3 is 3.10 bits per heavy atom. The van der Waals surface area contributed by atoms with E-state index in [1.165, 1.54) is 17.7 Å². The van der Waals surface area contributed by atoms with Gasteiger partial charge in [0, 0.05) is 50.1 Å². The van der Waals surface area contributed by atoms with E-state index in [0.29, 0.717) is 6.10 Å². The fourth-order valence-electron chi connectivity index (χ4n) is 2.62. The van der Waals surface area contributed by atoms with Crippen LogP contribution in [0.15, 0.2) is 18.6 Å². The topological polar surface area (TPSA) is 43.2 Å². The number of nitrogens with zero attached hydrogens (tertiary/aromatic N) is 4. The SMILES string of the molecule is COC1CCCN(Cc2cnc(-c3cnn(C)c3)s2)C1. The number of ether oxygens (including phenoxy) is 1. The second-order valence-corrected chi connectivity index (χ2v) is 6.38. The number of rotatable bonds is 4. The molecule has 5 nitrogen and oxygen atoms in total. The summed E-state index contributed by atoms with van der Waals surface area (Å²) in [7, 11) is 3.73. The summed E-state index contributed by atoms with van der Waals surface area (Å²) in [5, 5.41) is 5.24. The minimum atomic E-state index is 0.384. The van der Waals surface area contributed by atoms with Crippen LogP contribution in [0, 0.1) is 0 Å². The van der Waals surface area contributed by atoms with Gasteiger partial charge in [-0.15, -0.1) is 11.3 Å². The molecule has 2 aromatic heterocycles. The highest BCUT2D eigenvalue weighted by atomic mass is 32.1. The lowest BCUT2D eigenvalue weighted by atomic mass is 10.1. The van der Waals surface area contributed by atoms with E-state index >= 15 is 0 Å². The van der Waals surface area contributed by atoms with Gasteiger partial charge < -0.3 is 4.74 Å². The summed E-state index contributed by atoms with van der Waals surface area (Å²) in [5.41, 5.74) is 1.09. The number of hydrogen-bond donors (Lipinski definition) is 0. The highest BCUT2D eigenvalue weighted by Crippen LogP contribution is 2.26. The van der Waals surface area contributed by atoms with Gasteiger partial charge in [-0.2, -0.15) is 5.10 Å². The van der Waals surface area contributed by atoms with Crippen molar-refractivity contribution in [1.29, 1.82) is 0 Å². The van der Waals surface area contributed by atoms with Crippen LogP contribution in [0.25, 0.3) is 10.6 Å². The van der Waals surface area contributed by atoms with Crippen LogP contribution in [0.5, 0.6) is 0 Å². The van der Waals surface area contributed by atoms with Crippen molar-refractivity contribution >= 4 is 11.3 Å². The largest absolute Gasteiger partial charge is 0.380 e.